The van der Waals surface area contributed by atoms with E-state index in [4.69, 9.17) is 0 Å². The van der Waals surface area contributed by atoms with E-state index in [2.05, 4.69) is 5.32 Å². The molecule has 0 radical (unpaired) electrons. The van der Waals surface area contributed by atoms with Crippen molar-refractivity contribution in [3.05, 3.63) is 0 Å². The zero-order chi connectivity index (χ0) is 12.5. The number of carboxylic acid groups (broad SMARTS) is 1. The van der Waals surface area contributed by atoms with E-state index in [0.717, 1.165) is 12.8 Å². The minimum Gasteiger partial charge on any atom is -0.481 e. The lowest BCUT2D eigenvalue weighted by Gasteiger charge is -2.32. The molecule has 4 unspecified atom stereocenters. The van der Waals surface area contributed by atoms with Gasteiger partial charge in [-0.15, -0.1) is 0 Å². The molecule has 102 valence electrons. The van der Waals surface area contributed by atoms with Crippen LogP contribution in [-0.4, -0.2) is 23.2 Å². The van der Waals surface area contributed by atoms with Crippen LogP contribution in [0.1, 0.15) is 57.8 Å². The van der Waals surface area contributed by atoms with Crippen molar-refractivity contribution in [2.75, 3.05) is 0 Å². The Morgan fingerprint density at radius 3 is 2.28 bits per heavy atom. The second-order valence-corrected chi connectivity index (χ2v) is 6.58. The summed E-state index contributed by atoms with van der Waals surface area (Å²) in [6.07, 6.45) is 11.4. The lowest BCUT2D eigenvalue weighted by molar-refractivity contribution is -0.144. The number of fused-ring (bicyclic) bond motifs is 2. The molecule has 3 aliphatic rings. The highest BCUT2D eigenvalue weighted by atomic mass is 16.4. The molecule has 3 saturated carbocycles. The Morgan fingerprint density at radius 2 is 1.61 bits per heavy atom. The Hall–Kier alpha value is -0.570. The number of hydrogen-bond acceptors (Lipinski definition) is 2. The lowest BCUT2D eigenvalue weighted by Crippen LogP contribution is -2.48. The van der Waals surface area contributed by atoms with E-state index in [1.165, 1.54) is 44.9 Å². The summed E-state index contributed by atoms with van der Waals surface area (Å²) in [5.74, 6) is 0.426. The van der Waals surface area contributed by atoms with Crippen LogP contribution in [0.4, 0.5) is 0 Å². The molecule has 0 saturated heterocycles. The number of carboxylic acids is 1. The van der Waals surface area contributed by atoms with Gasteiger partial charge < -0.3 is 10.4 Å². The Morgan fingerprint density at radius 1 is 0.944 bits per heavy atom. The number of nitrogens with one attached hydrogen (secondary N) is 1. The maximum atomic E-state index is 11.5. The maximum Gasteiger partial charge on any atom is 0.308 e. The first-order valence-corrected chi connectivity index (χ1v) is 7.74. The Balaban J connectivity index is 1.65. The largest absolute Gasteiger partial charge is 0.481 e. The van der Waals surface area contributed by atoms with Gasteiger partial charge in [0.2, 0.25) is 0 Å². The third kappa shape index (κ3) is 2.29. The second-order valence-electron chi connectivity index (χ2n) is 6.58. The zero-order valence-electron chi connectivity index (χ0n) is 11.1. The summed E-state index contributed by atoms with van der Waals surface area (Å²) < 4.78 is 0. The summed E-state index contributed by atoms with van der Waals surface area (Å²) in [5, 5.41) is 13.2. The third-order valence-corrected chi connectivity index (χ3v) is 5.48. The third-order valence-electron chi connectivity index (χ3n) is 5.48. The van der Waals surface area contributed by atoms with Gasteiger partial charge in [-0.25, -0.2) is 0 Å². The molecule has 3 heteroatoms. The minimum atomic E-state index is -0.562. The van der Waals surface area contributed by atoms with Gasteiger partial charge in [0, 0.05) is 12.1 Å². The highest BCUT2D eigenvalue weighted by molar-refractivity contribution is 5.72. The average molecular weight is 251 g/mol. The highest BCUT2D eigenvalue weighted by Crippen LogP contribution is 2.48. The van der Waals surface area contributed by atoms with Crippen LogP contribution in [0.3, 0.4) is 0 Å². The van der Waals surface area contributed by atoms with Gasteiger partial charge in [0.05, 0.1) is 5.92 Å². The molecule has 0 aromatic heterocycles. The molecule has 3 aliphatic carbocycles. The van der Waals surface area contributed by atoms with E-state index in [1.54, 1.807) is 0 Å². The van der Waals surface area contributed by atoms with Crippen molar-refractivity contribution in [3.63, 3.8) is 0 Å². The van der Waals surface area contributed by atoms with Gasteiger partial charge in [0.1, 0.15) is 0 Å². The molecule has 3 fully saturated rings. The van der Waals surface area contributed by atoms with Crippen LogP contribution < -0.4 is 5.32 Å². The number of aliphatic carboxylic acids is 1. The van der Waals surface area contributed by atoms with E-state index < -0.39 is 5.97 Å². The van der Waals surface area contributed by atoms with Crippen LogP contribution in [0.2, 0.25) is 0 Å². The molecule has 0 amide bonds. The van der Waals surface area contributed by atoms with Crippen molar-refractivity contribution < 1.29 is 9.90 Å². The summed E-state index contributed by atoms with van der Waals surface area (Å²) in [7, 11) is 0. The van der Waals surface area contributed by atoms with E-state index >= 15 is 0 Å². The Kier molecular flexibility index (Phi) is 3.60. The standard InChI is InChI=1S/C15H25NO2/c17-15(18)13-10-7-8-11(9-10)14(13)16-12-5-3-1-2-4-6-12/h10-14,16H,1-9H2,(H,17,18). The van der Waals surface area contributed by atoms with Crippen molar-refractivity contribution in [3.8, 4) is 0 Å². The SMILES string of the molecule is O=C(O)C1C2CCC(C2)C1NC1CCCCCC1. The smallest absolute Gasteiger partial charge is 0.308 e. The molecule has 4 atom stereocenters. The van der Waals surface area contributed by atoms with Crippen LogP contribution >= 0.6 is 0 Å². The lowest BCUT2D eigenvalue weighted by atomic mass is 9.84. The van der Waals surface area contributed by atoms with Crippen molar-refractivity contribution in [2.24, 2.45) is 17.8 Å². The molecule has 0 aliphatic heterocycles. The molecule has 0 spiro atoms. The highest BCUT2D eigenvalue weighted by Gasteiger charge is 2.51. The van der Waals surface area contributed by atoms with Crippen LogP contribution in [-0.2, 0) is 4.79 Å². The van der Waals surface area contributed by atoms with Crippen LogP contribution in [0, 0.1) is 17.8 Å². The fourth-order valence-corrected chi connectivity index (χ4v) is 4.60. The molecular weight excluding hydrogens is 226 g/mol. The van der Waals surface area contributed by atoms with Gasteiger partial charge in [-0.1, -0.05) is 25.7 Å². The van der Waals surface area contributed by atoms with Gasteiger partial charge in [-0.3, -0.25) is 4.79 Å². The maximum absolute atomic E-state index is 11.5. The second kappa shape index (κ2) is 5.20. The first-order chi connectivity index (χ1) is 8.75. The topological polar surface area (TPSA) is 49.3 Å². The molecule has 0 aromatic carbocycles. The Labute approximate surface area is 109 Å². The number of rotatable bonds is 3. The molecule has 2 bridgehead atoms. The van der Waals surface area contributed by atoms with Crippen molar-refractivity contribution in [1.29, 1.82) is 0 Å². The summed E-state index contributed by atoms with van der Waals surface area (Å²) in [4.78, 5) is 11.5. The summed E-state index contributed by atoms with van der Waals surface area (Å²) in [6.45, 7) is 0. The van der Waals surface area contributed by atoms with Crippen LogP contribution in [0.25, 0.3) is 0 Å². The van der Waals surface area contributed by atoms with Gasteiger partial charge in [-0.05, 0) is 43.9 Å². The number of carbonyl (C=O) groups is 1. The molecule has 3 nitrogen and oxygen atoms in total. The van der Waals surface area contributed by atoms with Crippen molar-refractivity contribution in [1.82, 2.24) is 5.32 Å². The minimum absolute atomic E-state index is 0.105. The van der Waals surface area contributed by atoms with Gasteiger partial charge in [0.25, 0.3) is 0 Å². The molecule has 0 heterocycles. The van der Waals surface area contributed by atoms with Gasteiger partial charge in [0.15, 0.2) is 0 Å². The fraction of sp³-hybridized carbons (Fsp3) is 0.933. The normalized spacial score (nSPS) is 40.9. The monoisotopic (exact) mass is 251 g/mol. The van der Waals surface area contributed by atoms with Crippen LogP contribution in [0.5, 0.6) is 0 Å². The Bertz CT molecular complexity index is 310. The zero-order valence-corrected chi connectivity index (χ0v) is 11.1. The summed E-state index contributed by atoms with van der Waals surface area (Å²) in [6, 6.07) is 0.850. The predicted molar refractivity (Wildman–Crippen MR) is 70.4 cm³/mol. The summed E-state index contributed by atoms with van der Waals surface area (Å²) in [5.41, 5.74) is 0. The summed E-state index contributed by atoms with van der Waals surface area (Å²) >= 11 is 0. The predicted octanol–water partition coefficient (Wildman–Crippen LogP) is 2.80. The van der Waals surface area contributed by atoms with E-state index in [1.807, 2.05) is 0 Å². The molecular formula is C15H25NO2. The molecule has 0 aromatic rings. The molecule has 3 rings (SSSR count). The van der Waals surface area contributed by atoms with Crippen molar-refractivity contribution in [2.45, 2.75) is 69.9 Å². The van der Waals surface area contributed by atoms with Gasteiger partial charge >= 0.3 is 5.97 Å². The van der Waals surface area contributed by atoms with E-state index in [-0.39, 0.29) is 12.0 Å². The first-order valence-electron chi connectivity index (χ1n) is 7.74. The van der Waals surface area contributed by atoms with Crippen molar-refractivity contribution >= 4 is 5.97 Å². The van der Waals surface area contributed by atoms with E-state index in [0.29, 0.717) is 17.9 Å². The first kappa shape index (κ1) is 12.5. The van der Waals surface area contributed by atoms with Crippen LogP contribution in [0.15, 0.2) is 0 Å². The van der Waals surface area contributed by atoms with E-state index in [9.17, 15) is 9.90 Å². The quantitative estimate of drug-likeness (QED) is 0.758. The van der Waals surface area contributed by atoms with Gasteiger partial charge in [-0.2, -0.15) is 0 Å². The average Bonchev–Trinajstić information content (AvgIpc) is 2.83. The molecule has 18 heavy (non-hydrogen) atoms. The fourth-order valence-electron chi connectivity index (χ4n) is 4.60. The molecule has 2 N–H and O–H groups in total. The number of hydrogen-bond donors (Lipinski definition) is 2.